The maximum absolute atomic E-state index is 14.1. The highest BCUT2D eigenvalue weighted by Gasteiger charge is 2.33. The van der Waals surface area contributed by atoms with Crippen LogP contribution in [0.1, 0.15) is 17.3 Å². The maximum Gasteiger partial charge on any atom is 0.196 e. The Morgan fingerprint density at radius 3 is 2.31 bits per heavy atom. The molecule has 2 heterocycles. The van der Waals surface area contributed by atoms with Gasteiger partial charge in [-0.25, -0.2) is 31.3 Å². The molecule has 0 aliphatic carbocycles. The molecule has 0 radical (unpaired) electrons. The molecule has 0 unspecified atom stereocenters. The molecule has 26 heavy (non-hydrogen) atoms. The molecule has 0 spiro atoms. The number of halogens is 6. The van der Waals surface area contributed by atoms with Gasteiger partial charge in [0, 0.05) is 37.1 Å². The van der Waals surface area contributed by atoms with Crippen LogP contribution in [0.25, 0.3) is 11.0 Å². The highest BCUT2D eigenvalue weighted by molar-refractivity contribution is 5.77. The van der Waals surface area contributed by atoms with Crippen molar-refractivity contribution in [3.63, 3.8) is 0 Å². The normalized spacial score (nSPS) is 19.8. The Morgan fingerprint density at radius 2 is 1.58 bits per heavy atom. The second kappa shape index (κ2) is 5.73. The van der Waals surface area contributed by atoms with Gasteiger partial charge >= 0.3 is 0 Å². The van der Waals surface area contributed by atoms with Gasteiger partial charge in [0.1, 0.15) is 17.2 Å². The molecule has 2 aromatic carbocycles. The van der Waals surface area contributed by atoms with Crippen molar-refractivity contribution in [3.05, 3.63) is 64.5 Å². The molecular weight excluding hydrogens is 360 g/mol. The molecular formula is C17H11F6N3. The van der Waals surface area contributed by atoms with Crippen LogP contribution in [0.3, 0.4) is 0 Å². The Kier molecular flexibility index (Phi) is 3.72. The molecule has 4 rings (SSSR count). The van der Waals surface area contributed by atoms with Gasteiger partial charge in [-0.2, -0.15) is 0 Å². The molecule has 2 atom stereocenters. The number of benzene rings is 2. The van der Waals surface area contributed by atoms with E-state index in [9.17, 15) is 26.3 Å². The second-order valence-corrected chi connectivity index (χ2v) is 6.26. The SMILES string of the molecule is N[C@H]1Cn2c(nc3c(F)c(F)c(F)cc32)C[C@@H]1c1cc(F)c(F)cc1F. The molecule has 1 aromatic heterocycles. The molecule has 0 fully saturated rings. The summed E-state index contributed by atoms with van der Waals surface area (Å²) in [6, 6.07) is 1.22. The first-order chi connectivity index (χ1) is 12.3. The highest BCUT2D eigenvalue weighted by atomic mass is 19.2. The molecule has 1 aliphatic heterocycles. The van der Waals surface area contributed by atoms with E-state index < -0.39 is 46.9 Å². The van der Waals surface area contributed by atoms with Crippen molar-refractivity contribution >= 4 is 11.0 Å². The monoisotopic (exact) mass is 371 g/mol. The predicted octanol–water partition coefficient (Wildman–Crippen LogP) is 3.54. The third-order valence-corrected chi connectivity index (χ3v) is 4.71. The third-order valence-electron chi connectivity index (χ3n) is 4.71. The first kappa shape index (κ1) is 16.9. The number of hydrogen-bond acceptors (Lipinski definition) is 2. The van der Waals surface area contributed by atoms with Crippen LogP contribution in [0.2, 0.25) is 0 Å². The topological polar surface area (TPSA) is 43.8 Å². The van der Waals surface area contributed by atoms with Crippen LogP contribution >= 0.6 is 0 Å². The fourth-order valence-corrected chi connectivity index (χ4v) is 3.42. The van der Waals surface area contributed by atoms with Crippen molar-refractivity contribution in [1.29, 1.82) is 0 Å². The summed E-state index contributed by atoms with van der Waals surface area (Å²) < 4.78 is 83.1. The van der Waals surface area contributed by atoms with Crippen LogP contribution in [0, 0.1) is 34.9 Å². The van der Waals surface area contributed by atoms with Crippen molar-refractivity contribution in [2.75, 3.05) is 0 Å². The first-order valence-electron chi connectivity index (χ1n) is 7.70. The van der Waals surface area contributed by atoms with Crippen molar-refractivity contribution in [3.8, 4) is 0 Å². The van der Waals surface area contributed by atoms with Gasteiger partial charge in [-0.3, -0.25) is 0 Å². The average molecular weight is 371 g/mol. The van der Waals surface area contributed by atoms with Crippen LogP contribution in [0.4, 0.5) is 26.3 Å². The number of nitrogens with two attached hydrogens (primary N) is 1. The second-order valence-electron chi connectivity index (χ2n) is 6.26. The van der Waals surface area contributed by atoms with Crippen LogP contribution in [-0.4, -0.2) is 15.6 Å². The van der Waals surface area contributed by atoms with E-state index in [0.29, 0.717) is 6.07 Å². The first-order valence-corrected chi connectivity index (χ1v) is 7.70. The minimum absolute atomic E-state index is 0.000548. The van der Waals surface area contributed by atoms with Gasteiger partial charge in [-0.15, -0.1) is 0 Å². The van der Waals surface area contributed by atoms with Gasteiger partial charge in [0.2, 0.25) is 0 Å². The van der Waals surface area contributed by atoms with E-state index >= 15 is 0 Å². The molecule has 136 valence electrons. The Balaban J connectivity index is 1.83. The molecule has 0 amide bonds. The number of rotatable bonds is 1. The fourth-order valence-electron chi connectivity index (χ4n) is 3.42. The van der Waals surface area contributed by atoms with Gasteiger partial charge in [0.05, 0.1) is 5.52 Å². The maximum atomic E-state index is 14.1. The van der Waals surface area contributed by atoms with Gasteiger partial charge in [-0.05, 0) is 11.6 Å². The molecule has 0 saturated carbocycles. The van der Waals surface area contributed by atoms with Gasteiger partial charge in [0.15, 0.2) is 29.1 Å². The summed E-state index contributed by atoms with van der Waals surface area (Å²) in [5.41, 5.74) is 5.57. The lowest BCUT2D eigenvalue weighted by atomic mass is 9.86. The summed E-state index contributed by atoms with van der Waals surface area (Å²) in [5, 5.41) is 0. The molecule has 0 bridgehead atoms. The smallest absolute Gasteiger partial charge is 0.196 e. The van der Waals surface area contributed by atoms with E-state index in [-0.39, 0.29) is 35.4 Å². The lowest BCUT2D eigenvalue weighted by Gasteiger charge is -2.30. The van der Waals surface area contributed by atoms with Crippen molar-refractivity contribution in [2.45, 2.75) is 24.9 Å². The van der Waals surface area contributed by atoms with Crippen LogP contribution < -0.4 is 5.73 Å². The standard InChI is InChI=1S/C17H11F6N3/c18-8-3-10(20)9(19)1-6(8)7-2-14-25-17-13(26(14)5-12(7)24)4-11(21)15(22)16(17)23/h1,3-4,7,12H,2,5,24H2/t7-,12+/m1/s1. The van der Waals surface area contributed by atoms with E-state index in [0.717, 1.165) is 12.1 Å². The van der Waals surface area contributed by atoms with Crippen LogP contribution in [-0.2, 0) is 13.0 Å². The lowest BCUT2D eigenvalue weighted by Crippen LogP contribution is -2.39. The van der Waals surface area contributed by atoms with Gasteiger partial charge < -0.3 is 10.3 Å². The minimum Gasteiger partial charge on any atom is -0.326 e. The largest absolute Gasteiger partial charge is 0.326 e. The zero-order chi connectivity index (χ0) is 18.7. The van der Waals surface area contributed by atoms with Crippen LogP contribution in [0.15, 0.2) is 18.2 Å². The summed E-state index contributed by atoms with van der Waals surface area (Å²) in [4.78, 5) is 3.97. The molecule has 1 aliphatic rings. The highest BCUT2D eigenvalue weighted by Crippen LogP contribution is 2.34. The summed E-state index contributed by atoms with van der Waals surface area (Å²) >= 11 is 0. The van der Waals surface area contributed by atoms with Gasteiger partial charge in [0.25, 0.3) is 0 Å². The average Bonchev–Trinajstić information content (AvgIpc) is 2.93. The zero-order valence-corrected chi connectivity index (χ0v) is 13.0. The van der Waals surface area contributed by atoms with Gasteiger partial charge in [-0.1, -0.05) is 0 Å². The molecule has 9 heteroatoms. The number of imidazole rings is 1. The summed E-state index contributed by atoms with van der Waals surface area (Å²) in [7, 11) is 0. The fraction of sp³-hybridized carbons (Fsp3) is 0.235. The van der Waals surface area contributed by atoms with E-state index in [2.05, 4.69) is 4.98 Å². The van der Waals surface area contributed by atoms with Crippen LogP contribution in [0.5, 0.6) is 0 Å². The third kappa shape index (κ3) is 2.38. The van der Waals surface area contributed by atoms with Crippen molar-refractivity contribution < 1.29 is 26.3 Å². The molecule has 2 N–H and O–H groups in total. The summed E-state index contributed by atoms with van der Waals surface area (Å²) in [6.07, 6.45) is -0.0273. The molecule has 3 aromatic rings. The molecule has 3 nitrogen and oxygen atoms in total. The zero-order valence-electron chi connectivity index (χ0n) is 13.0. The van der Waals surface area contributed by atoms with E-state index in [1.54, 1.807) is 0 Å². The predicted molar refractivity (Wildman–Crippen MR) is 80.3 cm³/mol. The quantitative estimate of drug-likeness (QED) is 0.404. The Bertz CT molecular complexity index is 1050. The number of fused-ring (bicyclic) bond motifs is 3. The number of aromatic nitrogens is 2. The molecule has 0 saturated heterocycles. The Labute approximate surface area is 143 Å². The lowest BCUT2D eigenvalue weighted by molar-refractivity contribution is 0.391. The Hall–Kier alpha value is -2.55. The van der Waals surface area contributed by atoms with E-state index in [1.165, 1.54) is 4.57 Å². The summed E-state index contributed by atoms with van der Waals surface area (Å²) in [6.45, 7) is -0.000548. The Morgan fingerprint density at radius 1 is 0.885 bits per heavy atom. The summed E-state index contributed by atoms with van der Waals surface area (Å²) in [5.74, 6) is -8.46. The number of hydrogen-bond donors (Lipinski definition) is 1. The minimum atomic E-state index is -1.64. The number of nitrogens with zero attached hydrogens (tertiary/aromatic N) is 2. The van der Waals surface area contributed by atoms with E-state index in [1.807, 2.05) is 0 Å². The van der Waals surface area contributed by atoms with E-state index in [4.69, 9.17) is 5.73 Å². The van der Waals surface area contributed by atoms with Crippen molar-refractivity contribution in [1.82, 2.24) is 9.55 Å². The van der Waals surface area contributed by atoms with Crippen molar-refractivity contribution in [2.24, 2.45) is 5.73 Å².